The lowest BCUT2D eigenvalue weighted by atomic mass is 10.0. The molecule has 0 spiro atoms. The maximum Gasteiger partial charge on any atom is 0.101 e. The molecule has 2 aromatic carbocycles. The van der Waals surface area contributed by atoms with Crippen molar-refractivity contribution in [2.24, 2.45) is 0 Å². The summed E-state index contributed by atoms with van der Waals surface area (Å²) in [7, 11) is 0. The summed E-state index contributed by atoms with van der Waals surface area (Å²) in [5.74, 6) is 0. The van der Waals surface area contributed by atoms with E-state index in [9.17, 15) is 0 Å². The molecular formula is C18H19ClN2. The number of nitriles is 1. The SMILES string of the molecule is Cc1cccc(CCC(C)Nc2ccc(C#N)c(Cl)c2)c1. The minimum Gasteiger partial charge on any atom is -0.383 e. The van der Waals surface area contributed by atoms with Crippen LogP contribution in [-0.2, 0) is 6.42 Å². The van der Waals surface area contributed by atoms with E-state index in [0.717, 1.165) is 18.5 Å². The van der Waals surface area contributed by atoms with Crippen LogP contribution < -0.4 is 5.32 Å². The second kappa shape index (κ2) is 7.15. The fourth-order valence-corrected chi connectivity index (χ4v) is 2.53. The van der Waals surface area contributed by atoms with E-state index in [4.69, 9.17) is 16.9 Å². The smallest absolute Gasteiger partial charge is 0.101 e. The molecular weight excluding hydrogens is 280 g/mol. The van der Waals surface area contributed by atoms with Crippen LogP contribution in [0, 0.1) is 18.3 Å². The van der Waals surface area contributed by atoms with Crippen LogP contribution in [0.2, 0.25) is 5.02 Å². The molecule has 1 unspecified atom stereocenters. The molecule has 0 aliphatic heterocycles. The Morgan fingerprint density at radius 1 is 1.24 bits per heavy atom. The molecule has 0 saturated heterocycles. The van der Waals surface area contributed by atoms with E-state index in [2.05, 4.69) is 49.5 Å². The van der Waals surface area contributed by atoms with Gasteiger partial charge in [-0.15, -0.1) is 0 Å². The van der Waals surface area contributed by atoms with Crippen molar-refractivity contribution < 1.29 is 0 Å². The Labute approximate surface area is 131 Å². The molecule has 21 heavy (non-hydrogen) atoms. The zero-order chi connectivity index (χ0) is 15.2. The Morgan fingerprint density at radius 2 is 2.05 bits per heavy atom. The number of benzene rings is 2. The molecule has 2 nitrogen and oxygen atoms in total. The van der Waals surface area contributed by atoms with Gasteiger partial charge in [0.1, 0.15) is 6.07 Å². The van der Waals surface area contributed by atoms with Crippen molar-refractivity contribution in [3.63, 3.8) is 0 Å². The van der Waals surface area contributed by atoms with Crippen LogP contribution >= 0.6 is 11.6 Å². The molecule has 0 aromatic heterocycles. The number of nitrogens with one attached hydrogen (secondary N) is 1. The first-order valence-electron chi connectivity index (χ1n) is 7.10. The van der Waals surface area contributed by atoms with Gasteiger partial charge in [-0.3, -0.25) is 0 Å². The van der Waals surface area contributed by atoms with E-state index in [-0.39, 0.29) is 0 Å². The summed E-state index contributed by atoms with van der Waals surface area (Å²) in [5, 5.41) is 12.8. The summed E-state index contributed by atoms with van der Waals surface area (Å²) < 4.78 is 0. The maximum atomic E-state index is 8.87. The zero-order valence-corrected chi connectivity index (χ0v) is 13.1. The Balaban J connectivity index is 1.91. The highest BCUT2D eigenvalue weighted by Crippen LogP contribution is 2.21. The van der Waals surface area contributed by atoms with Crippen molar-refractivity contribution >= 4 is 17.3 Å². The molecule has 1 atom stereocenters. The summed E-state index contributed by atoms with van der Waals surface area (Å²) in [6.07, 6.45) is 2.08. The maximum absolute atomic E-state index is 8.87. The van der Waals surface area contributed by atoms with Crippen LogP contribution in [0.4, 0.5) is 5.69 Å². The van der Waals surface area contributed by atoms with Gasteiger partial charge in [0.05, 0.1) is 10.6 Å². The average Bonchev–Trinajstić information content (AvgIpc) is 2.45. The molecule has 3 heteroatoms. The number of rotatable bonds is 5. The summed E-state index contributed by atoms with van der Waals surface area (Å²) in [5.41, 5.74) is 4.12. The first kappa shape index (κ1) is 15.4. The quantitative estimate of drug-likeness (QED) is 0.847. The first-order chi connectivity index (χ1) is 10.1. The predicted molar refractivity (Wildman–Crippen MR) is 88.8 cm³/mol. The van der Waals surface area contributed by atoms with E-state index in [1.165, 1.54) is 11.1 Å². The molecule has 2 aromatic rings. The summed E-state index contributed by atoms with van der Waals surface area (Å²) >= 11 is 6.04. The van der Waals surface area contributed by atoms with Crippen LogP contribution in [0.3, 0.4) is 0 Å². The molecule has 0 radical (unpaired) electrons. The topological polar surface area (TPSA) is 35.8 Å². The van der Waals surface area contributed by atoms with Gasteiger partial charge in [0, 0.05) is 11.7 Å². The largest absolute Gasteiger partial charge is 0.383 e. The highest BCUT2D eigenvalue weighted by Gasteiger charge is 2.05. The van der Waals surface area contributed by atoms with Crippen molar-refractivity contribution in [1.82, 2.24) is 0 Å². The molecule has 0 heterocycles. The number of halogens is 1. The van der Waals surface area contributed by atoms with E-state index in [1.807, 2.05) is 12.1 Å². The van der Waals surface area contributed by atoms with Crippen LogP contribution in [0.25, 0.3) is 0 Å². The van der Waals surface area contributed by atoms with Crippen LogP contribution in [0.5, 0.6) is 0 Å². The Bertz CT molecular complexity index is 659. The molecule has 1 N–H and O–H groups in total. The standard InChI is InChI=1S/C18H19ClN2/c1-13-4-3-5-15(10-13)7-6-14(2)21-17-9-8-16(12-20)18(19)11-17/h3-5,8-11,14,21H,6-7H2,1-2H3. The van der Waals surface area contributed by atoms with Gasteiger partial charge in [0.25, 0.3) is 0 Å². The van der Waals surface area contributed by atoms with Gasteiger partial charge in [-0.2, -0.15) is 5.26 Å². The van der Waals surface area contributed by atoms with Crippen molar-refractivity contribution in [2.75, 3.05) is 5.32 Å². The Morgan fingerprint density at radius 3 is 2.71 bits per heavy atom. The lowest BCUT2D eigenvalue weighted by molar-refractivity contribution is 0.706. The average molecular weight is 299 g/mol. The van der Waals surface area contributed by atoms with Gasteiger partial charge in [0.15, 0.2) is 0 Å². The second-order valence-corrected chi connectivity index (χ2v) is 5.79. The van der Waals surface area contributed by atoms with Crippen molar-refractivity contribution in [3.8, 4) is 6.07 Å². The molecule has 0 aliphatic rings. The van der Waals surface area contributed by atoms with Crippen molar-refractivity contribution in [2.45, 2.75) is 32.7 Å². The lowest BCUT2D eigenvalue weighted by Gasteiger charge is -2.16. The third-order valence-corrected chi connectivity index (χ3v) is 3.76. The lowest BCUT2D eigenvalue weighted by Crippen LogP contribution is -2.16. The third-order valence-electron chi connectivity index (χ3n) is 3.45. The van der Waals surface area contributed by atoms with Gasteiger partial charge in [-0.1, -0.05) is 41.4 Å². The summed E-state index contributed by atoms with van der Waals surface area (Å²) in [6.45, 7) is 4.27. The summed E-state index contributed by atoms with van der Waals surface area (Å²) in [6, 6.07) is 16.5. The van der Waals surface area contributed by atoms with E-state index in [1.54, 1.807) is 6.07 Å². The third kappa shape index (κ3) is 4.51. The molecule has 0 aliphatic carbocycles. The molecule has 0 saturated carbocycles. The second-order valence-electron chi connectivity index (χ2n) is 5.38. The van der Waals surface area contributed by atoms with Crippen LogP contribution in [-0.4, -0.2) is 6.04 Å². The van der Waals surface area contributed by atoms with Gasteiger partial charge < -0.3 is 5.32 Å². The van der Waals surface area contributed by atoms with Crippen molar-refractivity contribution in [1.29, 1.82) is 5.26 Å². The van der Waals surface area contributed by atoms with Crippen molar-refractivity contribution in [3.05, 3.63) is 64.2 Å². The molecule has 0 bridgehead atoms. The van der Waals surface area contributed by atoms with E-state index < -0.39 is 0 Å². The Hall–Kier alpha value is -1.98. The summed E-state index contributed by atoms with van der Waals surface area (Å²) in [4.78, 5) is 0. The van der Waals surface area contributed by atoms with Gasteiger partial charge >= 0.3 is 0 Å². The highest BCUT2D eigenvalue weighted by atomic mass is 35.5. The van der Waals surface area contributed by atoms with E-state index in [0.29, 0.717) is 16.6 Å². The predicted octanol–water partition coefficient (Wildman–Crippen LogP) is 4.95. The van der Waals surface area contributed by atoms with Crippen LogP contribution in [0.15, 0.2) is 42.5 Å². The van der Waals surface area contributed by atoms with Gasteiger partial charge in [0.2, 0.25) is 0 Å². The van der Waals surface area contributed by atoms with Crippen LogP contribution in [0.1, 0.15) is 30.0 Å². The zero-order valence-electron chi connectivity index (χ0n) is 12.4. The fourth-order valence-electron chi connectivity index (χ4n) is 2.30. The highest BCUT2D eigenvalue weighted by molar-refractivity contribution is 6.32. The molecule has 2 rings (SSSR count). The molecule has 0 fully saturated rings. The number of anilines is 1. The molecule has 0 amide bonds. The molecule has 108 valence electrons. The number of aryl methyl sites for hydroxylation is 2. The number of nitrogens with zero attached hydrogens (tertiary/aromatic N) is 1. The van der Waals surface area contributed by atoms with Gasteiger partial charge in [-0.05, 0) is 50.5 Å². The minimum absolute atomic E-state index is 0.342. The normalized spacial score (nSPS) is 11.7. The van der Waals surface area contributed by atoms with Gasteiger partial charge in [-0.25, -0.2) is 0 Å². The fraction of sp³-hybridized carbons (Fsp3) is 0.278. The first-order valence-corrected chi connectivity index (χ1v) is 7.48. The number of hydrogen-bond acceptors (Lipinski definition) is 2. The minimum atomic E-state index is 0.342. The van der Waals surface area contributed by atoms with E-state index >= 15 is 0 Å². The monoisotopic (exact) mass is 298 g/mol. The number of hydrogen-bond donors (Lipinski definition) is 1. The Kier molecular flexibility index (Phi) is 5.25.